The van der Waals surface area contributed by atoms with Crippen molar-refractivity contribution in [3.05, 3.63) is 35.6 Å². The summed E-state index contributed by atoms with van der Waals surface area (Å²) in [7, 11) is 1.71. The van der Waals surface area contributed by atoms with Crippen LogP contribution in [-0.2, 0) is 4.74 Å². The van der Waals surface area contributed by atoms with Crippen LogP contribution in [0.3, 0.4) is 0 Å². The van der Waals surface area contributed by atoms with Gasteiger partial charge in [-0.25, -0.2) is 4.39 Å². The Balaban J connectivity index is 2.04. The summed E-state index contributed by atoms with van der Waals surface area (Å²) in [4.78, 5) is 14.5. The average molecular weight is 265 g/mol. The molecule has 1 fully saturated rings. The van der Waals surface area contributed by atoms with E-state index in [1.807, 2.05) is 6.92 Å². The van der Waals surface area contributed by atoms with E-state index in [2.05, 4.69) is 4.90 Å². The molecule has 1 heterocycles. The molecule has 19 heavy (non-hydrogen) atoms. The fourth-order valence-electron chi connectivity index (χ4n) is 2.53. The van der Waals surface area contributed by atoms with Crippen LogP contribution in [0.25, 0.3) is 0 Å². The molecule has 3 nitrogen and oxygen atoms in total. The zero-order valence-corrected chi connectivity index (χ0v) is 11.4. The number of likely N-dealkylation sites (tertiary alicyclic amines) is 1. The van der Waals surface area contributed by atoms with Crippen molar-refractivity contribution in [2.45, 2.75) is 31.9 Å². The Morgan fingerprint density at radius 1 is 1.42 bits per heavy atom. The first-order chi connectivity index (χ1) is 9.11. The van der Waals surface area contributed by atoms with Gasteiger partial charge in [-0.2, -0.15) is 0 Å². The number of benzene rings is 1. The molecule has 4 heteroatoms. The molecule has 0 bridgehead atoms. The van der Waals surface area contributed by atoms with E-state index in [9.17, 15) is 9.18 Å². The molecule has 2 rings (SSSR count). The van der Waals surface area contributed by atoms with E-state index in [1.54, 1.807) is 19.2 Å². The van der Waals surface area contributed by atoms with Crippen molar-refractivity contribution < 1.29 is 13.9 Å². The molecular formula is C15H20FNO2. The molecule has 0 radical (unpaired) electrons. The Morgan fingerprint density at radius 3 is 2.74 bits per heavy atom. The second kappa shape index (κ2) is 6.26. The molecular weight excluding hydrogens is 245 g/mol. The van der Waals surface area contributed by atoms with Crippen LogP contribution in [0.15, 0.2) is 24.3 Å². The third kappa shape index (κ3) is 3.39. The van der Waals surface area contributed by atoms with Crippen molar-refractivity contribution in [2.75, 3.05) is 20.2 Å². The first-order valence-corrected chi connectivity index (χ1v) is 6.68. The smallest absolute Gasteiger partial charge is 0.179 e. The molecule has 0 saturated carbocycles. The monoisotopic (exact) mass is 265 g/mol. The Labute approximate surface area is 113 Å². The first-order valence-electron chi connectivity index (χ1n) is 6.68. The zero-order chi connectivity index (χ0) is 13.8. The van der Waals surface area contributed by atoms with E-state index >= 15 is 0 Å². The zero-order valence-electron chi connectivity index (χ0n) is 11.4. The summed E-state index contributed by atoms with van der Waals surface area (Å²) in [6.07, 6.45) is 2.29. The van der Waals surface area contributed by atoms with Gasteiger partial charge in [-0.3, -0.25) is 9.69 Å². The highest BCUT2D eigenvalue weighted by molar-refractivity contribution is 5.99. The summed E-state index contributed by atoms with van der Waals surface area (Å²) < 4.78 is 18.2. The number of rotatable bonds is 4. The van der Waals surface area contributed by atoms with Crippen molar-refractivity contribution >= 4 is 5.78 Å². The van der Waals surface area contributed by atoms with Gasteiger partial charge in [-0.15, -0.1) is 0 Å². The fourth-order valence-corrected chi connectivity index (χ4v) is 2.53. The van der Waals surface area contributed by atoms with Crippen molar-refractivity contribution in [2.24, 2.45) is 0 Å². The van der Waals surface area contributed by atoms with Gasteiger partial charge in [0.1, 0.15) is 5.82 Å². The molecule has 1 aromatic carbocycles. The van der Waals surface area contributed by atoms with E-state index in [-0.39, 0.29) is 23.7 Å². The third-order valence-corrected chi connectivity index (χ3v) is 3.80. The summed E-state index contributed by atoms with van der Waals surface area (Å²) in [6.45, 7) is 3.60. The van der Waals surface area contributed by atoms with Crippen LogP contribution in [0.2, 0.25) is 0 Å². The predicted molar refractivity (Wildman–Crippen MR) is 71.8 cm³/mol. The molecule has 1 aromatic rings. The van der Waals surface area contributed by atoms with E-state index in [0.717, 1.165) is 25.9 Å². The summed E-state index contributed by atoms with van der Waals surface area (Å²) >= 11 is 0. The number of ether oxygens (including phenoxy) is 1. The van der Waals surface area contributed by atoms with Crippen molar-refractivity contribution in [3.63, 3.8) is 0 Å². The topological polar surface area (TPSA) is 29.5 Å². The van der Waals surface area contributed by atoms with E-state index in [1.165, 1.54) is 12.1 Å². The summed E-state index contributed by atoms with van der Waals surface area (Å²) in [5, 5.41) is 0. The van der Waals surface area contributed by atoms with Crippen LogP contribution in [0.5, 0.6) is 0 Å². The molecule has 2 unspecified atom stereocenters. The maximum Gasteiger partial charge on any atom is 0.179 e. The third-order valence-electron chi connectivity index (χ3n) is 3.80. The molecule has 0 spiro atoms. The number of carbonyl (C=O) groups is 1. The second-order valence-corrected chi connectivity index (χ2v) is 5.04. The number of ketones is 1. The van der Waals surface area contributed by atoms with E-state index < -0.39 is 0 Å². The second-order valence-electron chi connectivity index (χ2n) is 5.04. The molecule has 0 N–H and O–H groups in total. The molecule has 0 amide bonds. The molecule has 1 saturated heterocycles. The lowest BCUT2D eigenvalue weighted by Gasteiger charge is -2.35. The van der Waals surface area contributed by atoms with Crippen LogP contribution < -0.4 is 0 Å². The number of hydrogen-bond donors (Lipinski definition) is 0. The Bertz CT molecular complexity index is 432. The number of piperidine rings is 1. The van der Waals surface area contributed by atoms with Crippen LogP contribution in [0.1, 0.15) is 30.1 Å². The molecule has 0 aromatic heterocycles. The van der Waals surface area contributed by atoms with Gasteiger partial charge in [-0.1, -0.05) is 0 Å². The average Bonchev–Trinajstić information content (AvgIpc) is 2.46. The summed E-state index contributed by atoms with van der Waals surface area (Å²) in [5.41, 5.74) is 0.563. The lowest BCUT2D eigenvalue weighted by atomic mass is 10.0. The molecule has 1 aliphatic heterocycles. The van der Waals surface area contributed by atoms with Crippen LogP contribution in [-0.4, -0.2) is 43.0 Å². The molecule has 0 aliphatic carbocycles. The van der Waals surface area contributed by atoms with Gasteiger partial charge >= 0.3 is 0 Å². The standard InChI is InChI=1S/C15H20FNO2/c1-11(17-9-3-4-14(10-17)19-2)15(18)12-5-7-13(16)8-6-12/h5-8,11,14H,3-4,9-10H2,1-2H3. The van der Waals surface area contributed by atoms with E-state index in [0.29, 0.717) is 5.56 Å². The Hall–Kier alpha value is -1.26. The Kier molecular flexibility index (Phi) is 4.66. The lowest BCUT2D eigenvalue weighted by Crippen LogP contribution is -2.47. The van der Waals surface area contributed by atoms with Crippen molar-refractivity contribution in [1.82, 2.24) is 4.90 Å². The lowest BCUT2D eigenvalue weighted by molar-refractivity contribution is 0.0182. The number of methoxy groups -OCH3 is 1. The van der Waals surface area contributed by atoms with Crippen LogP contribution >= 0.6 is 0 Å². The quantitative estimate of drug-likeness (QED) is 0.783. The summed E-state index contributed by atoms with van der Waals surface area (Å²) in [6, 6.07) is 5.56. The van der Waals surface area contributed by atoms with Gasteiger partial charge in [-0.05, 0) is 50.6 Å². The maximum absolute atomic E-state index is 12.9. The Morgan fingerprint density at radius 2 is 2.11 bits per heavy atom. The molecule has 1 aliphatic rings. The van der Waals surface area contributed by atoms with Crippen LogP contribution in [0, 0.1) is 5.82 Å². The number of halogens is 1. The highest BCUT2D eigenvalue weighted by atomic mass is 19.1. The van der Waals surface area contributed by atoms with Crippen molar-refractivity contribution in [3.8, 4) is 0 Å². The fraction of sp³-hybridized carbons (Fsp3) is 0.533. The first kappa shape index (κ1) is 14.2. The number of carbonyl (C=O) groups excluding carboxylic acids is 1. The summed E-state index contributed by atoms with van der Waals surface area (Å²) in [5.74, 6) is -0.279. The predicted octanol–water partition coefficient (Wildman–Crippen LogP) is 2.51. The minimum absolute atomic E-state index is 0.0387. The largest absolute Gasteiger partial charge is 0.380 e. The maximum atomic E-state index is 12.9. The number of Topliss-reactive ketones (excluding diaryl/α,β-unsaturated/α-hetero) is 1. The van der Waals surface area contributed by atoms with Gasteiger partial charge in [0.2, 0.25) is 0 Å². The minimum Gasteiger partial charge on any atom is -0.380 e. The van der Waals surface area contributed by atoms with E-state index in [4.69, 9.17) is 4.74 Å². The van der Waals surface area contributed by atoms with Crippen LogP contribution in [0.4, 0.5) is 4.39 Å². The SMILES string of the molecule is COC1CCCN(C(C)C(=O)c2ccc(F)cc2)C1. The highest BCUT2D eigenvalue weighted by Crippen LogP contribution is 2.17. The number of nitrogens with zero attached hydrogens (tertiary/aromatic N) is 1. The van der Waals surface area contributed by atoms with Gasteiger partial charge in [0.05, 0.1) is 12.1 Å². The highest BCUT2D eigenvalue weighted by Gasteiger charge is 2.27. The van der Waals surface area contributed by atoms with Gasteiger partial charge < -0.3 is 4.74 Å². The molecule has 2 atom stereocenters. The normalized spacial score (nSPS) is 22.2. The number of hydrogen-bond acceptors (Lipinski definition) is 3. The van der Waals surface area contributed by atoms with Gasteiger partial charge in [0.25, 0.3) is 0 Å². The van der Waals surface area contributed by atoms with Gasteiger partial charge in [0.15, 0.2) is 5.78 Å². The van der Waals surface area contributed by atoms with Gasteiger partial charge in [0, 0.05) is 19.2 Å². The minimum atomic E-state index is -0.318. The molecule has 104 valence electrons. The van der Waals surface area contributed by atoms with Crippen molar-refractivity contribution in [1.29, 1.82) is 0 Å².